The Morgan fingerprint density at radius 1 is 1.10 bits per heavy atom. The summed E-state index contributed by atoms with van der Waals surface area (Å²) >= 11 is 11.8. The molecule has 0 bridgehead atoms. The molecule has 0 aromatic heterocycles. The van der Waals surface area contributed by atoms with Crippen LogP contribution in [0.15, 0.2) is 42.5 Å². The molecular weight excluding hydrogens is 331 g/mol. The van der Waals surface area contributed by atoms with Crippen molar-refractivity contribution in [3.8, 4) is 0 Å². The van der Waals surface area contributed by atoms with E-state index in [1.807, 2.05) is 18.2 Å². The maximum atomic E-state index is 12.5. The van der Waals surface area contributed by atoms with Crippen LogP contribution in [0.5, 0.6) is 0 Å². The van der Waals surface area contributed by atoms with Gasteiger partial charge in [0.1, 0.15) is 0 Å². The van der Waals surface area contributed by atoms with E-state index in [4.69, 9.17) is 23.2 Å². The van der Waals surface area contributed by atoms with E-state index >= 15 is 0 Å². The van der Waals surface area contributed by atoms with Crippen LogP contribution >= 0.6 is 23.2 Å². The highest BCUT2D eigenvalue weighted by Crippen LogP contribution is 2.32. The lowest BCUT2D eigenvalue weighted by atomic mass is 10.2. The summed E-state index contributed by atoms with van der Waals surface area (Å²) in [6.45, 7) is 0.417. The third-order valence-electron chi connectivity index (χ3n) is 3.30. The summed E-state index contributed by atoms with van der Waals surface area (Å²) in [7, 11) is -3.71. The number of rotatable bonds is 3. The van der Waals surface area contributed by atoms with Crippen molar-refractivity contribution in [2.24, 2.45) is 0 Å². The normalized spacial score (nSPS) is 14.1. The van der Waals surface area contributed by atoms with Crippen molar-refractivity contribution in [2.45, 2.75) is 6.42 Å². The first kappa shape index (κ1) is 14.5. The zero-order chi connectivity index (χ0) is 15.0. The van der Waals surface area contributed by atoms with Gasteiger partial charge in [-0.15, -0.1) is 0 Å². The quantitative estimate of drug-likeness (QED) is 0.924. The molecule has 1 aliphatic rings. The fourth-order valence-corrected chi connectivity index (χ4v) is 4.17. The number of nitrogens with one attached hydrogen (secondary N) is 1. The number of para-hydroxylation sites is 1. The van der Waals surface area contributed by atoms with E-state index in [9.17, 15) is 8.42 Å². The molecule has 2 aromatic rings. The molecule has 0 atom stereocenters. The summed E-state index contributed by atoms with van der Waals surface area (Å²) < 4.78 is 28.9. The lowest BCUT2D eigenvalue weighted by molar-refractivity contribution is 0.597. The molecule has 0 aliphatic carbocycles. The van der Waals surface area contributed by atoms with Gasteiger partial charge in [-0.1, -0.05) is 41.4 Å². The van der Waals surface area contributed by atoms with Crippen LogP contribution in [0.25, 0.3) is 0 Å². The van der Waals surface area contributed by atoms with E-state index in [1.165, 1.54) is 10.4 Å². The molecule has 21 heavy (non-hydrogen) atoms. The Morgan fingerprint density at radius 3 is 2.62 bits per heavy atom. The molecular formula is C14H12Cl2N2O2S. The van der Waals surface area contributed by atoms with Crippen molar-refractivity contribution < 1.29 is 8.42 Å². The van der Waals surface area contributed by atoms with Gasteiger partial charge in [0.05, 0.1) is 16.4 Å². The second kappa shape index (κ2) is 5.40. The summed E-state index contributed by atoms with van der Waals surface area (Å²) in [5.41, 5.74) is 2.03. The van der Waals surface area contributed by atoms with E-state index < -0.39 is 10.2 Å². The van der Waals surface area contributed by atoms with Gasteiger partial charge in [0, 0.05) is 11.6 Å². The first-order valence-corrected chi connectivity index (χ1v) is 8.50. The van der Waals surface area contributed by atoms with Crippen LogP contribution in [-0.2, 0) is 16.6 Å². The number of halogens is 2. The molecule has 2 aromatic carbocycles. The number of hydrogen-bond donors (Lipinski definition) is 1. The number of hydrogen-bond acceptors (Lipinski definition) is 2. The molecule has 110 valence electrons. The van der Waals surface area contributed by atoms with Gasteiger partial charge in [0.2, 0.25) is 0 Å². The van der Waals surface area contributed by atoms with Gasteiger partial charge >= 0.3 is 10.2 Å². The van der Waals surface area contributed by atoms with Gasteiger partial charge in [-0.3, -0.25) is 9.03 Å². The molecule has 0 spiro atoms. The van der Waals surface area contributed by atoms with E-state index in [1.54, 1.807) is 18.2 Å². The second-order valence-electron chi connectivity index (χ2n) is 4.68. The Hall–Kier alpha value is -1.43. The highest BCUT2D eigenvalue weighted by molar-refractivity contribution is 7.94. The molecule has 0 fully saturated rings. The minimum atomic E-state index is -3.71. The Balaban J connectivity index is 1.92. The van der Waals surface area contributed by atoms with Gasteiger partial charge in [0.25, 0.3) is 0 Å². The fraction of sp³-hybridized carbons (Fsp3) is 0.143. The molecule has 0 saturated carbocycles. The lowest BCUT2D eigenvalue weighted by Crippen LogP contribution is -2.34. The average Bonchev–Trinajstić information content (AvgIpc) is 2.86. The van der Waals surface area contributed by atoms with Crippen molar-refractivity contribution in [3.05, 3.63) is 58.1 Å². The highest BCUT2D eigenvalue weighted by atomic mass is 35.5. The summed E-state index contributed by atoms with van der Waals surface area (Å²) in [4.78, 5) is 0. The van der Waals surface area contributed by atoms with Gasteiger partial charge < -0.3 is 0 Å². The van der Waals surface area contributed by atoms with Crippen LogP contribution in [0.1, 0.15) is 5.56 Å². The van der Waals surface area contributed by atoms with Gasteiger partial charge in [-0.2, -0.15) is 8.42 Å². The summed E-state index contributed by atoms with van der Waals surface area (Å²) in [6.07, 6.45) is 0.700. The Bertz CT molecular complexity index is 793. The lowest BCUT2D eigenvalue weighted by Gasteiger charge is -2.20. The van der Waals surface area contributed by atoms with Crippen molar-refractivity contribution in [2.75, 3.05) is 15.6 Å². The topological polar surface area (TPSA) is 49.4 Å². The van der Waals surface area contributed by atoms with Crippen molar-refractivity contribution in [1.82, 2.24) is 0 Å². The van der Waals surface area contributed by atoms with Crippen LogP contribution in [-0.4, -0.2) is 15.0 Å². The maximum absolute atomic E-state index is 12.5. The Kier molecular flexibility index (Phi) is 3.73. The number of anilines is 2. The molecule has 0 amide bonds. The van der Waals surface area contributed by atoms with E-state index in [0.29, 0.717) is 29.4 Å². The minimum absolute atomic E-state index is 0.263. The van der Waals surface area contributed by atoms with Crippen molar-refractivity contribution >= 4 is 44.8 Å². The molecule has 4 nitrogen and oxygen atoms in total. The largest absolute Gasteiger partial charge is 0.324 e. The van der Waals surface area contributed by atoms with E-state index in [-0.39, 0.29) is 5.02 Å². The summed E-state index contributed by atoms with van der Waals surface area (Å²) in [6, 6.07) is 12.1. The van der Waals surface area contributed by atoms with Crippen molar-refractivity contribution in [1.29, 1.82) is 0 Å². The van der Waals surface area contributed by atoms with E-state index in [0.717, 1.165) is 5.56 Å². The molecule has 1 heterocycles. The maximum Gasteiger partial charge on any atom is 0.324 e. The smallest absolute Gasteiger partial charge is 0.265 e. The molecule has 0 radical (unpaired) electrons. The summed E-state index contributed by atoms with van der Waals surface area (Å²) in [5.74, 6) is 0. The predicted octanol–water partition coefficient (Wildman–Crippen LogP) is 3.71. The van der Waals surface area contributed by atoms with E-state index in [2.05, 4.69) is 4.72 Å². The Morgan fingerprint density at radius 2 is 1.86 bits per heavy atom. The second-order valence-corrected chi connectivity index (χ2v) is 7.12. The van der Waals surface area contributed by atoms with Crippen LogP contribution in [0.2, 0.25) is 10.0 Å². The first-order valence-electron chi connectivity index (χ1n) is 6.31. The van der Waals surface area contributed by atoms with Crippen LogP contribution < -0.4 is 9.03 Å². The zero-order valence-electron chi connectivity index (χ0n) is 10.9. The third-order valence-corrected chi connectivity index (χ3v) is 5.29. The van der Waals surface area contributed by atoms with Gasteiger partial charge in [0.15, 0.2) is 0 Å². The minimum Gasteiger partial charge on any atom is -0.265 e. The molecule has 1 N–H and O–H groups in total. The van der Waals surface area contributed by atoms with Crippen LogP contribution in [0.3, 0.4) is 0 Å². The summed E-state index contributed by atoms with van der Waals surface area (Å²) in [5, 5.41) is 0.716. The molecule has 0 saturated heterocycles. The zero-order valence-corrected chi connectivity index (χ0v) is 13.2. The number of nitrogens with zero attached hydrogens (tertiary/aromatic N) is 1. The fourth-order valence-electron chi connectivity index (χ4n) is 2.32. The third kappa shape index (κ3) is 2.81. The number of benzene rings is 2. The highest BCUT2D eigenvalue weighted by Gasteiger charge is 2.29. The Labute approximate surface area is 133 Å². The predicted molar refractivity (Wildman–Crippen MR) is 86.5 cm³/mol. The SMILES string of the molecule is O=S(=O)(Nc1ccc(Cl)cc1Cl)N1CCc2ccccc21. The molecule has 3 rings (SSSR count). The van der Waals surface area contributed by atoms with Crippen LogP contribution in [0, 0.1) is 0 Å². The molecule has 7 heteroatoms. The first-order chi connectivity index (χ1) is 9.97. The number of fused-ring (bicyclic) bond motifs is 1. The van der Waals surface area contributed by atoms with Gasteiger partial charge in [-0.25, -0.2) is 0 Å². The monoisotopic (exact) mass is 342 g/mol. The molecule has 0 unspecified atom stereocenters. The average molecular weight is 343 g/mol. The van der Waals surface area contributed by atoms with Gasteiger partial charge in [-0.05, 0) is 36.2 Å². The van der Waals surface area contributed by atoms with Crippen LogP contribution in [0.4, 0.5) is 11.4 Å². The molecule has 1 aliphatic heterocycles. The standard InChI is InChI=1S/C14H12Cl2N2O2S/c15-11-5-6-13(12(16)9-11)17-21(19,20)18-8-7-10-3-1-2-4-14(10)18/h1-6,9,17H,7-8H2. The van der Waals surface area contributed by atoms with Crippen molar-refractivity contribution in [3.63, 3.8) is 0 Å².